The fourth-order valence-electron chi connectivity index (χ4n) is 5.23. The Morgan fingerprint density at radius 1 is 1.17 bits per heavy atom. The van der Waals surface area contributed by atoms with Crippen molar-refractivity contribution in [1.29, 1.82) is 0 Å². The quantitative estimate of drug-likeness (QED) is 0.299. The zero-order valence-corrected chi connectivity index (χ0v) is 25.4. The van der Waals surface area contributed by atoms with Gasteiger partial charge >= 0.3 is 0 Å². The number of fused-ring (bicyclic) bond motifs is 1. The largest absolute Gasteiger partial charge is 0.491 e. The Hall–Kier alpha value is -3.76. The van der Waals surface area contributed by atoms with Crippen LogP contribution in [-0.4, -0.2) is 56.6 Å². The molecule has 0 amide bonds. The van der Waals surface area contributed by atoms with Gasteiger partial charge < -0.3 is 25.4 Å². The maximum Gasteiger partial charge on any atom is 0.225 e. The van der Waals surface area contributed by atoms with Gasteiger partial charge in [0.2, 0.25) is 5.95 Å². The zero-order valence-electron chi connectivity index (χ0n) is 24.7. The van der Waals surface area contributed by atoms with Gasteiger partial charge in [-0.05, 0) is 44.9 Å². The van der Waals surface area contributed by atoms with Crippen LogP contribution in [-0.2, 0) is 17.9 Å². The topological polar surface area (TPSA) is 131 Å². The lowest BCUT2D eigenvalue weighted by Crippen LogP contribution is -2.38. The van der Waals surface area contributed by atoms with Crippen LogP contribution in [0.5, 0.6) is 5.75 Å². The number of carbonyl (C=O) groups is 1. The van der Waals surface area contributed by atoms with Crippen LogP contribution in [0.4, 0.5) is 11.8 Å². The molecule has 0 saturated carbocycles. The second-order valence-electron chi connectivity index (χ2n) is 10.9. The van der Waals surface area contributed by atoms with Gasteiger partial charge in [0.1, 0.15) is 18.2 Å². The smallest absolute Gasteiger partial charge is 0.225 e. The predicted octanol–water partition coefficient (Wildman–Crippen LogP) is 4.83. The van der Waals surface area contributed by atoms with E-state index < -0.39 is 6.10 Å². The summed E-state index contributed by atoms with van der Waals surface area (Å²) in [5, 5.41) is 10.6. The van der Waals surface area contributed by atoms with E-state index in [0.29, 0.717) is 64.5 Å². The number of benzene rings is 1. The molecule has 4 heterocycles. The molecule has 0 bridgehead atoms. The number of ether oxygens (including phenoxy) is 1. The highest BCUT2D eigenvalue weighted by molar-refractivity contribution is 6.33. The third kappa shape index (κ3) is 6.05. The third-order valence-electron chi connectivity index (χ3n) is 7.68. The van der Waals surface area contributed by atoms with Gasteiger partial charge in [0.15, 0.2) is 11.6 Å². The maximum atomic E-state index is 13.1. The van der Waals surface area contributed by atoms with Crippen molar-refractivity contribution < 1.29 is 14.6 Å². The summed E-state index contributed by atoms with van der Waals surface area (Å²) in [5.74, 6) is 2.21. The van der Waals surface area contributed by atoms with Crippen LogP contribution in [0.15, 0.2) is 30.1 Å². The summed E-state index contributed by atoms with van der Waals surface area (Å²) in [5.41, 5.74) is 10.8. The number of rotatable bonds is 11. The molecule has 2 aliphatic heterocycles. The molecule has 3 N–H and O–H groups in total. The van der Waals surface area contributed by atoms with Gasteiger partial charge in [-0.3, -0.25) is 4.79 Å². The average Bonchev–Trinajstić information content (AvgIpc) is 3.36. The molecule has 222 valence electrons. The molecule has 0 radical (unpaired) electrons. The molecule has 3 aromatic rings. The lowest BCUT2D eigenvalue weighted by molar-refractivity contribution is -0.113. The van der Waals surface area contributed by atoms with E-state index in [0.717, 1.165) is 48.7 Å². The van der Waals surface area contributed by atoms with E-state index in [2.05, 4.69) is 14.8 Å². The highest BCUT2D eigenvalue weighted by Crippen LogP contribution is 2.37. The van der Waals surface area contributed by atoms with E-state index in [1.54, 1.807) is 32.0 Å². The normalized spacial score (nSPS) is 15.7. The number of nitrogens with zero attached hydrogens (tertiary/aromatic N) is 6. The second kappa shape index (κ2) is 12.6. The first-order valence-electron chi connectivity index (χ1n) is 14.5. The molecule has 5 rings (SSSR count). The zero-order chi connectivity index (χ0) is 30.0. The van der Waals surface area contributed by atoms with Gasteiger partial charge in [-0.2, -0.15) is 0 Å². The lowest BCUT2D eigenvalue weighted by atomic mass is 9.99. The highest BCUT2D eigenvalue weighted by atomic mass is 35.5. The number of carbonyl (C=O) groups excluding carboxylic acids is 1. The van der Waals surface area contributed by atoms with Crippen LogP contribution in [0.2, 0.25) is 5.02 Å². The van der Waals surface area contributed by atoms with Crippen molar-refractivity contribution in [1.82, 2.24) is 19.9 Å². The monoisotopic (exact) mass is 591 g/mol. The second-order valence-corrected chi connectivity index (χ2v) is 11.3. The van der Waals surface area contributed by atoms with Crippen molar-refractivity contribution >= 4 is 34.7 Å². The number of allylic oxidation sites excluding steroid dienone is 2. The van der Waals surface area contributed by atoms with Crippen molar-refractivity contribution in [2.45, 2.75) is 72.6 Å². The molecule has 11 heteroatoms. The Bertz CT molecular complexity index is 1520. The minimum atomic E-state index is -0.565. The van der Waals surface area contributed by atoms with Crippen molar-refractivity contribution in [2.24, 2.45) is 5.73 Å². The van der Waals surface area contributed by atoms with Crippen molar-refractivity contribution in [2.75, 3.05) is 29.5 Å². The summed E-state index contributed by atoms with van der Waals surface area (Å²) in [6.07, 6.45) is 4.28. The molecule has 1 atom stereocenters. The number of nitrogens with two attached hydrogens (primary N) is 1. The van der Waals surface area contributed by atoms with Crippen LogP contribution < -0.4 is 20.3 Å². The third-order valence-corrected chi connectivity index (χ3v) is 8.01. The van der Waals surface area contributed by atoms with Crippen LogP contribution in [0, 0.1) is 6.92 Å². The van der Waals surface area contributed by atoms with Gasteiger partial charge in [0.05, 0.1) is 34.6 Å². The van der Waals surface area contributed by atoms with Crippen LogP contribution in [0.25, 0.3) is 17.0 Å². The van der Waals surface area contributed by atoms with Gasteiger partial charge in [-0.25, -0.2) is 19.9 Å². The number of aromatic nitrogens is 4. The molecule has 2 aromatic heterocycles. The maximum absolute atomic E-state index is 13.1. The first-order chi connectivity index (χ1) is 20.2. The summed E-state index contributed by atoms with van der Waals surface area (Å²) in [6.45, 7) is 10.7. The highest BCUT2D eigenvalue weighted by Gasteiger charge is 2.29. The van der Waals surface area contributed by atoms with Gasteiger partial charge in [-0.15, -0.1) is 0 Å². The number of hydrogen-bond acceptors (Lipinski definition) is 10. The summed E-state index contributed by atoms with van der Waals surface area (Å²) in [4.78, 5) is 36.7. The molecule has 0 spiro atoms. The van der Waals surface area contributed by atoms with Crippen LogP contribution in [0.3, 0.4) is 0 Å². The molecule has 0 aliphatic carbocycles. The lowest BCUT2D eigenvalue weighted by Gasteiger charge is -2.30. The first kappa shape index (κ1) is 29.7. The number of anilines is 2. The fourth-order valence-corrected chi connectivity index (χ4v) is 5.43. The fraction of sp³-hybridized carbons (Fsp3) is 0.452. The Morgan fingerprint density at radius 2 is 1.95 bits per heavy atom. The number of halogens is 1. The van der Waals surface area contributed by atoms with Crippen LogP contribution in [0.1, 0.15) is 69.0 Å². The van der Waals surface area contributed by atoms with E-state index in [4.69, 9.17) is 37.0 Å². The Balaban J connectivity index is 1.57. The summed E-state index contributed by atoms with van der Waals surface area (Å²) in [7, 11) is 0. The minimum Gasteiger partial charge on any atom is -0.491 e. The number of aliphatic hydroxyl groups is 1. The van der Waals surface area contributed by atoms with E-state index in [1.807, 2.05) is 20.0 Å². The van der Waals surface area contributed by atoms with Gasteiger partial charge in [0.25, 0.3) is 0 Å². The Morgan fingerprint density at radius 3 is 2.62 bits per heavy atom. The van der Waals surface area contributed by atoms with E-state index >= 15 is 0 Å². The Labute approximate surface area is 251 Å². The minimum absolute atomic E-state index is 0.100. The predicted molar refractivity (Wildman–Crippen MR) is 164 cm³/mol. The average molecular weight is 592 g/mol. The van der Waals surface area contributed by atoms with Gasteiger partial charge in [0, 0.05) is 54.6 Å². The molecular formula is C31H38ClN7O3. The SMILES string of the molecule is CCC[C@@H](O)COc1ccc(Cl)c(-c2nc(C(C(=O)CC)=C(C)N)c(C)c(N3Cc4cnc(N5CCC5)nc4C3)n2)c1. The number of Topliss-reactive ketones (excluding diaryl/α,β-unsaturated/α-hetero) is 1. The van der Waals surface area contributed by atoms with Crippen molar-refractivity contribution in [3.8, 4) is 17.1 Å². The van der Waals surface area contributed by atoms with Gasteiger partial charge in [-0.1, -0.05) is 31.9 Å². The molecule has 2 aliphatic rings. The van der Waals surface area contributed by atoms with Crippen molar-refractivity contribution in [3.05, 3.63) is 57.6 Å². The molecule has 0 unspecified atom stereocenters. The molecular weight excluding hydrogens is 554 g/mol. The summed E-state index contributed by atoms with van der Waals surface area (Å²) in [6, 6.07) is 5.24. The van der Waals surface area contributed by atoms with E-state index in [9.17, 15) is 9.90 Å². The molecule has 1 saturated heterocycles. The molecule has 1 aromatic carbocycles. The number of ketones is 1. The summed E-state index contributed by atoms with van der Waals surface area (Å²) < 4.78 is 5.87. The van der Waals surface area contributed by atoms with Crippen molar-refractivity contribution in [3.63, 3.8) is 0 Å². The van der Waals surface area contributed by atoms with E-state index in [-0.39, 0.29) is 18.8 Å². The Kier molecular flexibility index (Phi) is 8.93. The standard InChI is InChI=1S/C31H38ClN7O3/c1-5-8-21(40)17-42-22-9-10-24(32)23(13-22)29-36-28(27(19(4)33)26(41)6-2)18(3)30(37-29)39-15-20-14-34-31(35-25(20)16-39)38-11-7-12-38/h9-10,13-14,21,40H,5-8,11-12,15-17,33H2,1-4H3/t21-/m1/s1. The molecule has 10 nitrogen and oxygen atoms in total. The first-order valence-corrected chi connectivity index (χ1v) is 14.9. The number of aliphatic hydroxyl groups excluding tert-OH is 1. The van der Waals surface area contributed by atoms with Crippen LogP contribution >= 0.6 is 11.6 Å². The summed E-state index contributed by atoms with van der Waals surface area (Å²) >= 11 is 6.69. The molecule has 1 fully saturated rings. The molecule has 42 heavy (non-hydrogen) atoms. The van der Waals surface area contributed by atoms with E-state index in [1.165, 1.54) is 0 Å². The number of hydrogen-bond donors (Lipinski definition) is 2.